The molecule has 0 aromatic carbocycles. The first-order chi connectivity index (χ1) is 9.21. The van der Waals surface area contributed by atoms with Gasteiger partial charge < -0.3 is 11.1 Å². The zero-order valence-corrected chi connectivity index (χ0v) is 12.0. The minimum absolute atomic E-state index is 0.0134. The Morgan fingerprint density at radius 2 is 2.21 bits per heavy atom. The smallest absolute Gasteiger partial charge is 0.220 e. The zero-order chi connectivity index (χ0) is 14.1. The largest absolute Gasteiger partial charge is 0.352 e. The quantitative estimate of drug-likeness (QED) is 0.707. The van der Waals surface area contributed by atoms with Gasteiger partial charge in [-0.1, -0.05) is 19.8 Å². The van der Waals surface area contributed by atoms with Crippen molar-refractivity contribution in [3.05, 3.63) is 0 Å². The number of carbonyl (C=O) groups is 1. The van der Waals surface area contributed by atoms with Crippen molar-refractivity contribution >= 4 is 5.91 Å². The molecule has 1 saturated carbocycles. The third-order valence-electron chi connectivity index (χ3n) is 4.08. The Hall–Kier alpha value is -1.08. The number of nitrogens with one attached hydrogen (secondary N) is 1. The van der Waals surface area contributed by atoms with E-state index in [1.165, 1.54) is 0 Å². The van der Waals surface area contributed by atoms with Crippen molar-refractivity contribution in [2.75, 3.05) is 6.54 Å². The van der Waals surface area contributed by atoms with Crippen LogP contribution in [0.2, 0.25) is 0 Å². The number of nitrogens with zero attached hydrogens (tertiary/aromatic N) is 1. The molecule has 3 N–H and O–H groups in total. The van der Waals surface area contributed by atoms with Gasteiger partial charge in [0.25, 0.3) is 0 Å². The summed E-state index contributed by atoms with van der Waals surface area (Å²) in [5.74, 6) is 0.681. The maximum atomic E-state index is 11.9. The van der Waals surface area contributed by atoms with E-state index in [0.717, 1.165) is 44.9 Å². The van der Waals surface area contributed by atoms with Gasteiger partial charge in [0.2, 0.25) is 5.91 Å². The average molecular weight is 265 g/mol. The molecule has 19 heavy (non-hydrogen) atoms. The maximum absolute atomic E-state index is 11.9. The van der Waals surface area contributed by atoms with E-state index in [4.69, 9.17) is 11.0 Å². The second kappa shape index (κ2) is 8.92. The van der Waals surface area contributed by atoms with Gasteiger partial charge in [0.05, 0.1) is 12.0 Å². The van der Waals surface area contributed by atoms with Crippen LogP contribution >= 0.6 is 0 Å². The van der Waals surface area contributed by atoms with Crippen LogP contribution in [0.4, 0.5) is 0 Å². The predicted octanol–water partition coefficient (Wildman–Crippen LogP) is 2.34. The minimum Gasteiger partial charge on any atom is -0.352 e. The van der Waals surface area contributed by atoms with Gasteiger partial charge in [-0.15, -0.1) is 0 Å². The summed E-state index contributed by atoms with van der Waals surface area (Å²) in [6.07, 6.45) is 7.71. The summed E-state index contributed by atoms with van der Waals surface area (Å²) in [5, 5.41) is 12.0. The Bertz CT molecular complexity index is 305. The van der Waals surface area contributed by atoms with E-state index in [-0.39, 0.29) is 17.9 Å². The highest BCUT2D eigenvalue weighted by atomic mass is 16.1. The third kappa shape index (κ3) is 5.61. The van der Waals surface area contributed by atoms with E-state index < -0.39 is 0 Å². The Balaban J connectivity index is 2.28. The lowest BCUT2D eigenvalue weighted by molar-refractivity contribution is -0.122. The van der Waals surface area contributed by atoms with Gasteiger partial charge in [-0.2, -0.15) is 5.26 Å². The van der Waals surface area contributed by atoms with Gasteiger partial charge in [0.15, 0.2) is 0 Å². The number of hydrogen-bond donors (Lipinski definition) is 2. The van der Waals surface area contributed by atoms with E-state index in [9.17, 15) is 4.79 Å². The molecule has 0 spiro atoms. The lowest BCUT2D eigenvalue weighted by Gasteiger charge is -2.18. The van der Waals surface area contributed by atoms with Crippen molar-refractivity contribution in [1.29, 1.82) is 5.26 Å². The second-order valence-corrected chi connectivity index (χ2v) is 5.61. The molecule has 1 amide bonds. The van der Waals surface area contributed by atoms with Gasteiger partial charge in [0, 0.05) is 12.5 Å². The Morgan fingerprint density at radius 3 is 2.84 bits per heavy atom. The summed E-state index contributed by atoms with van der Waals surface area (Å²) in [6, 6.07) is 2.37. The summed E-state index contributed by atoms with van der Waals surface area (Å²) in [7, 11) is 0. The molecule has 4 heteroatoms. The molecule has 0 aromatic rings. The molecule has 3 unspecified atom stereocenters. The molecule has 108 valence electrons. The number of nitriles is 1. The van der Waals surface area contributed by atoms with Crippen LogP contribution in [-0.4, -0.2) is 18.5 Å². The van der Waals surface area contributed by atoms with E-state index in [1.54, 1.807) is 0 Å². The van der Waals surface area contributed by atoms with E-state index >= 15 is 0 Å². The van der Waals surface area contributed by atoms with Crippen molar-refractivity contribution in [1.82, 2.24) is 5.32 Å². The third-order valence-corrected chi connectivity index (χ3v) is 4.08. The van der Waals surface area contributed by atoms with Crippen LogP contribution in [0.1, 0.15) is 58.3 Å². The minimum atomic E-state index is 0.0134. The molecule has 1 rings (SSSR count). The summed E-state index contributed by atoms with van der Waals surface area (Å²) in [4.78, 5) is 11.9. The van der Waals surface area contributed by atoms with Gasteiger partial charge in [-0.05, 0) is 44.6 Å². The first kappa shape index (κ1) is 16.0. The fraction of sp³-hybridized carbons (Fsp3) is 0.867. The molecule has 0 saturated heterocycles. The molecule has 1 aliphatic rings. The number of hydrogen-bond acceptors (Lipinski definition) is 3. The fourth-order valence-electron chi connectivity index (χ4n) is 2.98. The Morgan fingerprint density at radius 1 is 1.42 bits per heavy atom. The van der Waals surface area contributed by atoms with Crippen molar-refractivity contribution in [2.24, 2.45) is 17.6 Å². The lowest BCUT2D eigenvalue weighted by atomic mass is 9.94. The molecule has 1 fully saturated rings. The first-order valence-corrected chi connectivity index (χ1v) is 7.60. The van der Waals surface area contributed by atoms with Crippen LogP contribution in [0.15, 0.2) is 0 Å². The Labute approximate surface area is 116 Å². The summed E-state index contributed by atoms with van der Waals surface area (Å²) < 4.78 is 0. The van der Waals surface area contributed by atoms with E-state index in [0.29, 0.717) is 18.9 Å². The Kier molecular flexibility index (Phi) is 7.50. The number of rotatable bonds is 8. The van der Waals surface area contributed by atoms with Crippen LogP contribution < -0.4 is 11.1 Å². The standard InChI is InChI=1S/C15H27N3O/c1-2-4-12(9-10-16)7-8-15(19)18-14-6-3-5-13(14)11-17/h12-14H,2-10,16H2,1H3,(H,18,19). The second-order valence-electron chi connectivity index (χ2n) is 5.61. The molecule has 1 aliphatic carbocycles. The molecule has 4 nitrogen and oxygen atoms in total. The highest BCUT2D eigenvalue weighted by Crippen LogP contribution is 2.25. The molecule has 0 aliphatic heterocycles. The number of amides is 1. The summed E-state index contributed by atoms with van der Waals surface area (Å²) in [5.41, 5.74) is 5.60. The maximum Gasteiger partial charge on any atom is 0.220 e. The molecule has 0 bridgehead atoms. The molecule has 0 radical (unpaired) electrons. The molecule has 0 heterocycles. The van der Waals surface area contributed by atoms with Gasteiger partial charge in [-0.3, -0.25) is 4.79 Å². The number of carbonyl (C=O) groups excluding carboxylic acids is 1. The summed E-state index contributed by atoms with van der Waals surface area (Å²) in [6.45, 7) is 2.87. The summed E-state index contributed by atoms with van der Waals surface area (Å²) >= 11 is 0. The zero-order valence-electron chi connectivity index (χ0n) is 12.0. The van der Waals surface area contributed by atoms with Crippen molar-refractivity contribution < 1.29 is 4.79 Å². The number of nitrogens with two attached hydrogens (primary N) is 1. The van der Waals surface area contributed by atoms with E-state index in [2.05, 4.69) is 18.3 Å². The van der Waals surface area contributed by atoms with Crippen molar-refractivity contribution in [2.45, 2.75) is 64.3 Å². The van der Waals surface area contributed by atoms with Crippen LogP contribution in [0.25, 0.3) is 0 Å². The molecular formula is C15H27N3O. The van der Waals surface area contributed by atoms with Crippen LogP contribution in [0.5, 0.6) is 0 Å². The van der Waals surface area contributed by atoms with Gasteiger partial charge >= 0.3 is 0 Å². The van der Waals surface area contributed by atoms with Crippen LogP contribution in [0.3, 0.4) is 0 Å². The van der Waals surface area contributed by atoms with Crippen LogP contribution in [-0.2, 0) is 4.79 Å². The van der Waals surface area contributed by atoms with E-state index in [1.807, 2.05) is 0 Å². The first-order valence-electron chi connectivity index (χ1n) is 7.60. The fourth-order valence-corrected chi connectivity index (χ4v) is 2.98. The highest BCUT2D eigenvalue weighted by Gasteiger charge is 2.28. The molecule has 0 aromatic heterocycles. The molecular weight excluding hydrogens is 238 g/mol. The highest BCUT2D eigenvalue weighted by molar-refractivity contribution is 5.76. The van der Waals surface area contributed by atoms with Crippen molar-refractivity contribution in [3.63, 3.8) is 0 Å². The lowest BCUT2D eigenvalue weighted by Crippen LogP contribution is -2.37. The SMILES string of the molecule is CCCC(CCN)CCC(=O)NC1CCCC1C#N. The predicted molar refractivity (Wildman–Crippen MR) is 76.2 cm³/mol. The van der Waals surface area contributed by atoms with Crippen LogP contribution in [0, 0.1) is 23.2 Å². The average Bonchev–Trinajstić information content (AvgIpc) is 2.83. The monoisotopic (exact) mass is 265 g/mol. The van der Waals surface area contributed by atoms with Gasteiger partial charge in [-0.25, -0.2) is 0 Å². The van der Waals surface area contributed by atoms with Gasteiger partial charge in [0.1, 0.15) is 0 Å². The normalized spacial score (nSPS) is 23.8. The van der Waals surface area contributed by atoms with Crippen molar-refractivity contribution in [3.8, 4) is 6.07 Å². The molecule has 3 atom stereocenters. The topological polar surface area (TPSA) is 78.9 Å².